The summed E-state index contributed by atoms with van der Waals surface area (Å²) >= 11 is 6.01. The molecule has 0 fully saturated rings. The standard InChI is InChI=1S/C21H20ClF3N4O2/c1-4-31-18-8-7-17(22)19(27-18)20(30)26-11-14-5-6-15(10-16(14)21(23,24)25)29-13(3)9-12(2)28-29/h5-10H,4,11H2,1-3H3,(H,26,30). The van der Waals surface area contributed by atoms with Gasteiger partial charge in [0.2, 0.25) is 5.88 Å². The number of benzene rings is 1. The molecule has 2 heterocycles. The second kappa shape index (κ2) is 8.97. The van der Waals surface area contributed by atoms with Crippen LogP contribution in [0.3, 0.4) is 0 Å². The minimum atomic E-state index is -4.61. The largest absolute Gasteiger partial charge is 0.478 e. The van der Waals surface area contributed by atoms with E-state index in [9.17, 15) is 18.0 Å². The van der Waals surface area contributed by atoms with Crippen LogP contribution in [-0.4, -0.2) is 27.3 Å². The predicted octanol–water partition coefficient (Wildman–Crippen LogP) is 4.89. The van der Waals surface area contributed by atoms with E-state index in [1.165, 1.54) is 28.9 Å². The van der Waals surface area contributed by atoms with Crippen molar-refractivity contribution in [1.29, 1.82) is 0 Å². The molecule has 1 aromatic carbocycles. The van der Waals surface area contributed by atoms with Crippen LogP contribution in [0.5, 0.6) is 5.88 Å². The van der Waals surface area contributed by atoms with Gasteiger partial charge in [-0.15, -0.1) is 0 Å². The number of hydrogen-bond donors (Lipinski definition) is 1. The number of nitrogens with zero attached hydrogens (tertiary/aromatic N) is 3. The first kappa shape index (κ1) is 22.6. The van der Waals surface area contributed by atoms with E-state index in [0.717, 1.165) is 6.07 Å². The lowest BCUT2D eigenvalue weighted by atomic mass is 10.1. The van der Waals surface area contributed by atoms with Crippen molar-refractivity contribution < 1.29 is 22.7 Å². The van der Waals surface area contributed by atoms with Gasteiger partial charge in [-0.3, -0.25) is 4.79 Å². The Bertz CT molecular complexity index is 1110. The summed E-state index contributed by atoms with van der Waals surface area (Å²) in [4.78, 5) is 16.5. The van der Waals surface area contributed by atoms with Crippen molar-refractivity contribution in [3.8, 4) is 11.6 Å². The molecule has 0 atom stereocenters. The normalized spacial score (nSPS) is 11.5. The third-order valence-electron chi connectivity index (χ3n) is 4.42. The van der Waals surface area contributed by atoms with Crippen LogP contribution in [-0.2, 0) is 12.7 Å². The minimum Gasteiger partial charge on any atom is -0.478 e. The van der Waals surface area contributed by atoms with Gasteiger partial charge >= 0.3 is 6.18 Å². The zero-order valence-corrected chi connectivity index (χ0v) is 17.8. The molecule has 0 aliphatic rings. The van der Waals surface area contributed by atoms with E-state index < -0.39 is 17.6 Å². The summed E-state index contributed by atoms with van der Waals surface area (Å²) in [6, 6.07) is 8.58. The molecule has 164 valence electrons. The van der Waals surface area contributed by atoms with Crippen LogP contribution >= 0.6 is 11.6 Å². The topological polar surface area (TPSA) is 69.0 Å². The van der Waals surface area contributed by atoms with Gasteiger partial charge in [0.1, 0.15) is 0 Å². The number of ether oxygens (including phenoxy) is 1. The molecular formula is C21H20ClF3N4O2. The Morgan fingerprint density at radius 2 is 1.94 bits per heavy atom. The van der Waals surface area contributed by atoms with E-state index in [4.69, 9.17) is 16.3 Å². The van der Waals surface area contributed by atoms with E-state index in [2.05, 4.69) is 15.4 Å². The molecule has 0 aliphatic heterocycles. The predicted molar refractivity (Wildman–Crippen MR) is 110 cm³/mol. The fourth-order valence-electron chi connectivity index (χ4n) is 3.08. The van der Waals surface area contributed by atoms with Gasteiger partial charge in [-0.05, 0) is 50.6 Å². The Morgan fingerprint density at radius 3 is 2.55 bits per heavy atom. The van der Waals surface area contributed by atoms with Gasteiger partial charge in [-0.2, -0.15) is 18.3 Å². The van der Waals surface area contributed by atoms with Gasteiger partial charge in [0.25, 0.3) is 5.91 Å². The fraction of sp³-hybridized carbons (Fsp3) is 0.286. The van der Waals surface area contributed by atoms with Crippen LogP contribution in [0.2, 0.25) is 5.02 Å². The number of aryl methyl sites for hydroxylation is 2. The lowest BCUT2D eigenvalue weighted by Gasteiger charge is -2.16. The third kappa shape index (κ3) is 5.16. The number of carbonyl (C=O) groups is 1. The summed E-state index contributed by atoms with van der Waals surface area (Å²) < 4.78 is 47.8. The summed E-state index contributed by atoms with van der Waals surface area (Å²) in [5.74, 6) is -0.510. The third-order valence-corrected chi connectivity index (χ3v) is 4.73. The van der Waals surface area contributed by atoms with Gasteiger partial charge in [0.05, 0.1) is 28.6 Å². The Kier molecular flexibility index (Phi) is 6.54. The number of hydrogen-bond acceptors (Lipinski definition) is 4. The summed E-state index contributed by atoms with van der Waals surface area (Å²) in [5, 5.41) is 6.74. The number of pyridine rings is 1. The average molecular weight is 453 g/mol. The number of aromatic nitrogens is 3. The molecule has 31 heavy (non-hydrogen) atoms. The maximum atomic E-state index is 13.7. The first-order chi connectivity index (χ1) is 14.6. The molecule has 2 aromatic heterocycles. The molecule has 10 heteroatoms. The van der Waals surface area contributed by atoms with E-state index in [1.807, 2.05) is 0 Å². The van der Waals surface area contributed by atoms with Gasteiger partial charge in [0.15, 0.2) is 5.69 Å². The van der Waals surface area contributed by atoms with E-state index >= 15 is 0 Å². The van der Waals surface area contributed by atoms with E-state index in [0.29, 0.717) is 18.0 Å². The monoisotopic (exact) mass is 452 g/mol. The first-order valence-electron chi connectivity index (χ1n) is 9.41. The Labute approximate surface area is 182 Å². The molecule has 0 unspecified atom stereocenters. The van der Waals surface area contributed by atoms with Gasteiger partial charge in [-0.1, -0.05) is 17.7 Å². The molecule has 1 N–H and O–H groups in total. The molecule has 3 aromatic rings. The maximum absolute atomic E-state index is 13.7. The molecule has 0 saturated carbocycles. The molecule has 0 spiro atoms. The highest BCUT2D eigenvalue weighted by Gasteiger charge is 2.34. The number of amides is 1. The number of carbonyl (C=O) groups excluding carboxylic acids is 1. The van der Waals surface area contributed by atoms with Crippen molar-refractivity contribution in [2.75, 3.05) is 6.61 Å². The van der Waals surface area contributed by atoms with Crippen molar-refractivity contribution in [2.45, 2.75) is 33.5 Å². The van der Waals surface area contributed by atoms with Crippen LogP contribution in [0.1, 0.15) is 39.9 Å². The Morgan fingerprint density at radius 1 is 1.19 bits per heavy atom. The fourth-order valence-corrected chi connectivity index (χ4v) is 3.27. The van der Waals surface area contributed by atoms with Crippen molar-refractivity contribution in [3.63, 3.8) is 0 Å². The van der Waals surface area contributed by atoms with Crippen LogP contribution in [0.25, 0.3) is 5.69 Å². The van der Waals surface area contributed by atoms with Crippen LogP contribution in [0.4, 0.5) is 13.2 Å². The smallest absolute Gasteiger partial charge is 0.416 e. The highest BCUT2D eigenvalue weighted by atomic mass is 35.5. The second-order valence-electron chi connectivity index (χ2n) is 6.77. The minimum absolute atomic E-state index is 0.0665. The summed E-state index contributed by atoms with van der Waals surface area (Å²) in [7, 11) is 0. The molecular weight excluding hydrogens is 433 g/mol. The van der Waals surface area contributed by atoms with Crippen molar-refractivity contribution in [3.05, 3.63) is 69.6 Å². The molecule has 6 nitrogen and oxygen atoms in total. The molecule has 0 bridgehead atoms. The van der Waals surface area contributed by atoms with Crippen LogP contribution in [0, 0.1) is 13.8 Å². The first-order valence-corrected chi connectivity index (χ1v) is 9.79. The molecule has 3 rings (SSSR count). The zero-order chi connectivity index (χ0) is 22.8. The quantitative estimate of drug-likeness (QED) is 0.578. The number of nitrogens with one attached hydrogen (secondary N) is 1. The lowest BCUT2D eigenvalue weighted by Crippen LogP contribution is -2.26. The second-order valence-corrected chi connectivity index (χ2v) is 7.18. The highest BCUT2D eigenvalue weighted by Crippen LogP contribution is 2.34. The van der Waals surface area contributed by atoms with Crippen molar-refractivity contribution in [1.82, 2.24) is 20.1 Å². The van der Waals surface area contributed by atoms with Crippen molar-refractivity contribution >= 4 is 17.5 Å². The SMILES string of the molecule is CCOc1ccc(Cl)c(C(=O)NCc2ccc(-n3nc(C)cc3C)cc2C(F)(F)F)n1. The average Bonchev–Trinajstić information content (AvgIpc) is 3.05. The zero-order valence-electron chi connectivity index (χ0n) is 17.0. The number of halogens is 4. The molecule has 0 radical (unpaired) electrons. The van der Waals surface area contributed by atoms with Gasteiger partial charge < -0.3 is 10.1 Å². The maximum Gasteiger partial charge on any atom is 0.416 e. The lowest BCUT2D eigenvalue weighted by molar-refractivity contribution is -0.138. The molecule has 0 saturated heterocycles. The van der Waals surface area contributed by atoms with E-state index in [-0.39, 0.29) is 34.4 Å². The highest BCUT2D eigenvalue weighted by molar-refractivity contribution is 6.33. The Balaban J connectivity index is 1.87. The van der Waals surface area contributed by atoms with Crippen molar-refractivity contribution in [2.24, 2.45) is 0 Å². The summed E-state index contributed by atoms with van der Waals surface area (Å²) in [5.41, 5.74) is 0.605. The number of alkyl halides is 3. The van der Waals surface area contributed by atoms with Gasteiger partial charge in [0, 0.05) is 18.3 Å². The number of rotatable bonds is 6. The van der Waals surface area contributed by atoms with Gasteiger partial charge in [-0.25, -0.2) is 9.67 Å². The van der Waals surface area contributed by atoms with E-state index in [1.54, 1.807) is 26.8 Å². The Hall–Kier alpha value is -3.07. The molecule has 1 amide bonds. The van der Waals surface area contributed by atoms with Crippen LogP contribution in [0.15, 0.2) is 36.4 Å². The summed E-state index contributed by atoms with van der Waals surface area (Å²) in [6.07, 6.45) is -4.61. The molecule has 0 aliphatic carbocycles. The van der Waals surface area contributed by atoms with Crippen LogP contribution < -0.4 is 10.1 Å². The summed E-state index contributed by atoms with van der Waals surface area (Å²) in [6.45, 7) is 5.25.